The minimum absolute atomic E-state index is 0.281. The van der Waals surface area contributed by atoms with Gasteiger partial charge in [-0.2, -0.15) is 4.31 Å². The highest BCUT2D eigenvalue weighted by molar-refractivity contribution is 7.89. The molecule has 0 aromatic heterocycles. The third-order valence-electron chi connectivity index (χ3n) is 4.61. The van der Waals surface area contributed by atoms with Crippen LogP contribution < -0.4 is 4.74 Å². The predicted molar refractivity (Wildman–Crippen MR) is 94.7 cm³/mol. The van der Waals surface area contributed by atoms with E-state index in [9.17, 15) is 8.42 Å². The molecule has 5 heteroatoms. The van der Waals surface area contributed by atoms with Crippen molar-refractivity contribution >= 4 is 10.0 Å². The minimum atomic E-state index is -3.52. The van der Waals surface area contributed by atoms with Gasteiger partial charge in [0.05, 0.1) is 12.0 Å². The lowest BCUT2D eigenvalue weighted by Crippen LogP contribution is -2.27. The second-order valence-corrected chi connectivity index (χ2v) is 8.26. The molecule has 4 nitrogen and oxygen atoms in total. The number of ether oxygens (including phenoxy) is 1. The Bertz CT molecular complexity index is 830. The summed E-state index contributed by atoms with van der Waals surface area (Å²) in [6, 6.07) is 13.0. The number of nitrogens with zero attached hydrogens (tertiary/aromatic N) is 1. The van der Waals surface area contributed by atoms with Gasteiger partial charge in [0, 0.05) is 19.2 Å². The number of hydrogen-bond donors (Lipinski definition) is 0. The van der Waals surface area contributed by atoms with Crippen LogP contribution in [0.2, 0.25) is 0 Å². The van der Waals surface area contributed by atoms with Gasteiger partial charge in [0.1, 0.15) is 5.75 Å². The molecule has 0 fully saturated rings. The molecular formula is C19H23NO3S. The Kier molecular flexibility index (Phi) is 4.92. The average molecular weight is 345 g/mol. The zero-order chi connectivity index (χ0) is 17.2. The molecular weight excluding hydrogens is 322 g/mol. The SMILES string of the molecule is COc1ccccc1CN(C)S(=O)(=O)c1ccc2c(c1)CCCC2. The Morgan fingerprint density at radius 1 is 1.04 bits per heavy atom. The van der Waals surface area contributed by atoms with E-state index in [1.165, 1.54) is 21.9 Å². The van der Waals surface area contributed by atoms with Gasteiger partial charge < -0.3 is 4.74 Å². The molecule has 0 amide bonds. The zero-order valence-corrected chi connectivity index (χ0v) is 15.0. The number of hydrogen-bond acceptors (Lipinski definition) is 3. The monoisotopic (exact) mass is 345 g/mol. The Balaban J connectivity index is 1.87. The van der Waals surface area contributed by atoms with Crippen LogP contribution in [0.3, 0.4) is 0 Å². The van der Waals surface area contributed by atoms with Gasteiger partial charge in [0.15, 0.2) is 0 Å². The van der Waals surface area contributed by atoms with Gasteiger partial charge in [-0.05, 0) is 55.0 Å². The fourth-order valence-electron chi connectivity index (χ4n) is 3.21. The summed E-state index contributed by atoms with van der Waals surface area (Å²) in [7, 11) is -0.311. The largest absolute Gasteiger partial charge is 0.496 e. The molecule has 3 rings (SSSR count). The van der Waals surface area contributed by atoms with Crippen molar-refractivity contribution in [3.8, 4) is 5.75 Å². The zero-order valence-electron chi connectivity index (χ0n) is 14.2. The van der Waals surface area contributed by atoms with Crippen LogP contribution in [0.25, 0.3) is 0 Å². The molecule has 0 saturated carbocycles. The molecule has 0 heterocycles. The number of methoxy groups -OCH3 is 1. The number of rotatable bonds is 5. The van der Waals surface area contributed by atoms with Gasteiger partial charge in [-0.25, -0.2) is 8.42 Å². The van der Waals surface area contributed by atoms with Crippen molar-refractivity contribution < 1.29 is 13.2 Å². The molecule has 0 atom stereocenters. The normalized spacial score (nSPS) is 14.5. The fraction of sp³-hybridized carbons (Fsp3) is 0.368. The molecule has 2 aromatic rings. The predicted octanol–water partition coefficient (Wildman–Crippen LogP) is 3.39. The van der Waals surface area contributed by atoms with Gasteiger partial charge in [0.2, 0.25) is 10.0 Å². The second kappa shape index (κ2) is 6.95. The van der Waals surface area contributed by atoms with Gasteiger partial charge in [-0.15, -0.1) is 0 Å². The Morgan fingerprint density at radius 2 is 1.75 bits per heavy atom. The summed E-state index contributed by atoms with van der Waals surface area (Å²) in [6.07, 6.45) is 4.34. The highest BCUT2D eigenvalue weighted by atomic mass is 32.2. The van der Waals surface area contributed by atoms with E-state index in [1.807, 2.05) is 36.4 Å². The lowest BCUT2D eigenvalue weighted by Gasteiger charge is -2.21. The summed E-state index contributed by atoms with van der Waals surface area (Å²) in [6.45, 7) is 0.281. The molecule has 24 heavy (non-hydrogen) atoms. The quantitative estimate of drug-likeness (QED) is 0.834. The maximum absolute atomic E-state index is 12.9. The van der Waals surface area contributed by atoms with Crippen LogP contribution in [0.4, 0.5) is 0 Å². The smallest absolute Gasteiger partial charge is 0.243 e. The molecule has 0 saturated heterocycles. The molecule has 0 N–H and O–H groups in total. The third-order valence-corrected chi connectivity index (χ3v) is 6.41. The molecule has 128 valence electrons. The lowest BCUT2D eigenvalue weighted by molar-refractivity contribution is 0.398. The number of fused-ring (bicyclic) bond motifs is 1. The summed E-state index contributed by atoms with van der Waals surface area (Å²) in [5, 5.41) is 0. The first-order valence-electron chi connectivity index (χ1n) is 8.22. The highest BCUT2D eigenvalue weighted by Gasteiger charge is 2.23. The van der Waals surface area contributed by atoms with Gasteiger partial charge in [0.25, 0.3) is 0 Å². The summed E-state index contributed by atoms with van der Waals surface area (Å²) < 4.78 is 32.5. The Morgan fingerprint density at radius 3 is 2.50 bits per heavy atom. The first kappa shape index (κ1) is 17.0. The van der Waals surface area contributed by atoms with E-state index in [0.717, 1.165) is 24.8 Å². The average Bonchev–Trinajstić information content (AvgIpc) is 2.61. The van der Waals surface area contributed by atoms with Gasteiger partial charge >= 0.3 is 0 Å². The van der Waals surface area contributed by atoms with E-state index >= 15 is 0 Å². The molecule has 2 aromatic carbocycles. The van der Waals surface area contributed by atoms with Crippen LogP contribution in [0.5, 0.6) is 5.75 Å². The van der Waals surface area contributed by atoms with Crippen molar-refractivity contribution in [2.45, 2.75) is 37.1 Å². The van der Waals surface area contributed by atoms with Crippen molar-refractivity contribution in [2.24, 2.45) is 0 Å². The third kappa shape index (κ3) is 3.32. The maximum Gasteiger partial charge on any atom is 0.243 e. The van der Waals surface area contributed by atoms with Crippen LogP contribution in [-0.2, 0) is 29.4 Å². The van der Waals surface area contributed by atoms with Crippen LogP contribution in [0.1, 0.15) is 29.5 Å². The highest BCUT2D eigenvalue weighted by Crippen LogP contribution is 2.27. The molecule has 0 radical (unpaired) electrons. The Labute approximate surface area is 144 Å². The molecule has 1 aliphatic carbocycles. The molecule has 1 aliphatic rings. The minimum Gasteiger partial charge on any atom is -0.496 e. The topological polar surface area (TPSA) is 46.6 Å². The maximum atomic E-state index is 12.9. The molecule has 0 spiro atoms. The van der Waals surface area contributed by atoms with E-state index in [0.29, 0.717) is 10.6 Å². The number of sulfonamides is 1. The molecule has 0 unspecified atom stereocenters. The van der Waals surface area contributed by atoms with Crippen molar-refractivity contribution in [1.82, 2.24) is 4.31 Å². The van der Waals surface area contributed by atoms with E-state index in [4.69, 9.17) is 4.74 Å². The lowest BCUT2D eigenvalue weighted by atomic mass is 9.92. The van der Waals surface area contributed by atoms with Crippen molar-refractivity contribution in [3.05, 3.63) is 59.2 Å². The number of aryl methyl sites for hydroxylation is 2. The van der Waals surface area contributed by atoms with E-state index in [-0.39, 0.29) is 6.54 Å². The van der Waals surface area contributed by atoms with Crippen molar-refractivity contribution in [2.75, 3.05) is 14.2 Å². The summed E-state index contributed by atoms with van der Waals surface area (Å²) in [5.41, 5.74) is 3.31. The molecule has 0 bridgehead atoms. The van der Waals surface area contributed by atoms with E-state index in [2.05, 4.69) is 0 Å². The molecule has 0 aliphatic heterocycles. The number of benzene rings is 2. The van der Waals surface area contributed by atoms with Crippen molar-refractivity contribution in [1.29, 1.82) is 0 Å². The van der Waals surface area contributed by atoms with E-state index in [1.54, 1.807) is 20.2 Å². The van der Waals surface area contributed by atoms with Crippen LogP contribution in [0, 0.1) is 0 Å². The first-order chi connectivity index (χ1) is 11.5. The summed E-state index contributed by atoms with van der Waals surface area (Å²) >= 11 is 0. The van der Waals surface area contributed by atoms with Gasteiger partial charge in [-0.3, -0.25) is 0 Å². The van der Waals surface area contributed by atoms with Crippen LogP contribution in [-0.4, -0.2) is 26.9 Å². The summed E-state index contributed by atoms with van der Waals surface area (Å²) in [5.74, 6) is 0.699. The van der Waals surface area contributed by atoms with Crippen LogP contribution >= 0.6 is 0 Å². The standard InChI is InChI=1S/C19H23NO3S/c1-20(14-17-9-5-6-10-19(17)23-2)24(21,22)18-12-11-15-7-3-4-8-16(15)13-18/h5-6,9-13H,3-4,7-8,14H2,1-2H3. The van der Waals surface area contributed by atoms with Gasteiger partial charge in [-0.1, -0.05) is 24.3 Å². The number of para-hydroxylation sites is 1. The first-order valence-corrected chi connectivity index (χ1v) is 9.66. The Hall–Kier alpha value is -1.85. The van der Waals surface area contributed by atoms with Crippen LogP contribution in [0.15, 0.2) is 47.4 Å². The summed E-state index contributed by atoms with van der Waals surface area (Å²) in [4.78, 5) is 0.376. The van der Waals surface area contributed by atoms with Crippen molar-refractivity contribution in [3.63, 3.8) is 0 Å². The van der Waals surface area contributed by atoms with E-state index < -0.39 is 10.0 Å². The fourth-order valence-corrected chi connectivity index (χ4v) is 4.41. The second-order valence-electron chi connectivity index (χ2n) is 6.21.